The van der Waals surface area contributed by atoms with Crippen LogP contribution in [-0.4, -0.2) is 27.0 Å². The fraction of sp³-hybridized carbons (Fsp3) is 0.389. The van der Waals surface area contributed by atoms with Crippen molar-refractivity contribution >= 4 is 5.91 Å². The van der Waals surface area contributed by atoms with Gasteiger partial charge in [-0.15, -0.1) is 0 Å². The van der Waals surface area contributed by atoms with E-state index in [0.29, 0.717) is 23.5 Å². The van der Waals surface area contributed by atoms with Crippen molar-refractivity contribution in [2.75, 3.05) is 0 Å². The number of benzene rings is 1. The van der Waals surface area contributed by atoms with Gasteiger partial charge in [0.15, 0.2) is 0 Å². The van der Waals surface area contributed by atoms with Gasteiger partial charge in [0.2, 0.25) is 5.91 Å². The van der Waals surface area contributed by atoms with Crippen molar-refractivity contribution in [3.8, 4) is 0 Å². The highest BCUT2D eigenvalue weighted by Crippen LogP contribution is 2.17. The minimum atomic E-state index is -0.646. The number of carbonyl (C=O) groups is 1. The molecule has 128 valence electrons. The Labute approximate surface area is 141 Å². The Kier molecular flexibility index (Phi) is 5.87. The lowest BCUT2D eigenvalue weighted by Gasteiger charge is -2.18. The van der Waals surface area contributed by atoms with Gasteiger partial charge in [0, 0.05) is 17.3 Å². The molecule has 6 heteroatoms. The van der Waals surface area contributed by atoms with E-state index in [1.165, 1.54) is 0 Å². The molecule has 1 amide bonds. The molecule has 0 fully saturated rings. The Morgan fingerprint density at radius 1 is 1.29 bits per heavy atom. The molecule has 24 heavy (non-hydrogen) atoms. The molecule has 3 N–H and O–H groups in total. The highest BCUT2D eigenvalue weighted by Gasteiger charge is 2.16. The highest BCUT2D eigenvalue weighted by atomic mass is 16.3. The molecule has 1 aromatic heterocycles. The lowest BCUT2D eigenvalue weighted by Crippen LogP contribution is -2.36. The zero-order chi connectivity index (χ0) is 17.7. The van der Waals surface area contributed by atoms with Crippen LogP contribution in [0.15, 0.2) is 35.1 Å². The van der Waals surface area contributed by atoms with Crippen molar-refractivity contribution in [2.45, 2.75) is 45.8 Å². The number of aromatic nitrogens is 2. The van der Waals surface area contributed by atoms with Crippen molar-refractivity contribution in [3.05, 3.63) is 63.3 Å². The zero-order valence-electron chi connectivity index (χ0n) is 14.2. The van der Waals surface area contributed by atoms with Gasteiger partial charge in [0.25, 0.3) is 5.56 Å². The quantitative estimate of drug-likeness (QED) is 0.749. The van der Waals surface area contributed by atoms with Gasteiger partial charge in [0.05, 0.1) is 12.5 Å². The second-order valence-electron chi connectivity index (χ2n) is 6.02. The maximum Gasteiger partial charge on any atom is 0.254 e. The molecule has 0 radical (unpaired) electrons. The number of nitrogens with one attached hydrogen (secondary N) is 2. The standard InChI is InChI=1S/C18H23N3O3/c1-11(9-16(22)14-7-5-4-6-8-14)19-17(23)10-15-12(2)20-13(3)21-18(15)24/h4-8,11,16,22H,9-10H2,1-3H3,(H,19,23)(H,20,21,24). The second kappa shape index (κ2) is 7.88. The summed E-state index contributed by atoms with van der Waals surface area (Å²) in [4.78, 5) is 30.9. The van der Waals surface area contributed by atoms with Gasteiger partial charge in [-0.1, -0.05) is 30.3 Å². The Balaban J connectivity index is 1.94. The Morgan fingerprint density at radius 3 is 2.58 bits per heavy atom. The first-order valence-electron chi connectivity index (χ1n) is 7.95. The Hall–Kier alpha value is -2.47. The maximum atomic E-state index is 12.2. The molecule has 0 bridgehead atoms. The van der Waals surface area contributed by atoms with Gasteiger partial charge in [-0.25, -0.2) is 4.98 Å². The molecular formula is C18H23N3O3. The van der Waals surface area contributed by atoms with E-state index in [1.807, 2.05) is 37.3 Å². The number of aryl methyl sites for hydroxylation is 2. The lowest BCUT2D eigenvalue weighted by molar-refractivity contribution is -0.121. The van der Waals surface area contributed by atoms with Crippen LogP contribution < -0.4 is 10.9 Å². The highest BCUT2D eigenvalue weighted by molar-refractivity contribution is 5.78. The number of rotatable bonds is 6. The van der Waals surface area contributed by atoms with Crippen LogP contribution in [0.3, 0.4) is 0 Å². The van der Waals surface area contributed by atoms with Gasteiger partial charge in [-0.2, -0.15) is 0 Å². The number of H-pyrrole nitrogens is 1. The Bertz CT molecular complexity index is 756. The van der Waals surface area contributed by atoms with E-state index >= 15 is 0 Å². The first-order valence-corrected chi connectivity index (χ1v) is 7.95. The van der Waals surface area contributed by atoms with Crippen LogP contribution in [0.5, 0.6) is 0 Å². The van der Waals surface area contributed by atoms with Crippen LogP contribution in [0.25, 0.3) is 0 Å². The van der Waals surface area contributed by atoms with Crippen molar-refractivity contribution in [1.29, 1.82) is 0 Å². The SMILES string of the molecule is Cc1nc(C)c(CC(=O)NC(C)CC(O)c2ccccc2)c(=O)[nH]1. The van der Waals surface area contributed by atoms with Gasteiger partial charge < -0.3 is 15.4 Å². The van der Waals surface area contributed by atoms with E-state index < -0.39 is 6.10 Å². The molecule has 1 heterocycles. The third kappa shape index (κ3) is 4.76. The number of amides is 1. The first kappa shape index (κ1) is 17.9. The van der Waals surface area contributed by atoms with Gasteiger partial charge >= 0.3 is 0 Å². The fourth-order valence-corrected chi connectivity index (χ4v) is 2.65. The predicted octanol–water partition coefficient (Wildman–Crippen LogP) is 1.56. The third-order valence-corrected chi connectivity index (χ3v) is 3.85. The number of carbonyl (C=O) groups excluding carboxylic acids is 1. The molecule has 2 rings (SSSR count). The topological polar surface area (TPSA) is 95.1 Å². The van der Waals surface area contributed by atoms with E-state index in [1.54, 1.807) is 13.8 Å². The molecule has 0 aliphatic carbocycles. The van der Waals surface area contributed by atoms with E-state index in [-0.39, 0.29) is 23.9 Å². The van der Waals surface area contributed by atoms with Crippen LogP contribution in [0.2, 0.25) is 0 Å². The second-order valence-corrected chi connectivity index (χ2v) is 6.02. The summed E-state index contributed by atoms with van der Waals surface area (Å²) in [5.74, 6) is 0.267. The molecule has 2 aromatic rings. The zero-order valence-corrected chi connectivity index (χ0v) is 14.2. The van der Waals surface area contributed by atoms with Crippen LogP contribution in [0, 0.1) is 13.8 Å². The van der Waals surface area contributed by atoms with Crippen LogP contribution >= 0.6 is 0 Å². The average Bonchev–Trinajstić information content (AvgIpc) is 2.51. The summed E-state index contributed by atoms with van der Waals surface area (Å²) in [5.41, 5.74) is 1.46. The molecule has 0 aliphatic rings. The molecular weight excluding hydrogens is 306 g/mol. The molecule has 0 saturated carbocycles. The van der Waals surface area contributed by atoms with Gasteiger partial charge in [0.1, 0.15) is 5.82 Å². The summed E-state index contributed by atoms with van der Waals surface area (Å²) >= 11 is 0. The smallest absolute Gasteiger partial charge is 0.254 e. The summed E-state index contributed by atoms with van der Waals surface area (Å²) < 4.78 is 0. The van der Waals surface area contributed by atoms with Crippen LogP contribution in [-0.2, 0) is 11.2 Å². The van der Waals surface area contributed by atoms with E-state index in [2.05, 4.69) is 15.3 Å². The largest absolute Gasteiger partial charge is 0.388 e. The van der Waals surface area contributed by atoms with E-state index in [4.69, 9.17) is 0 Å². The number of hydrogen-bond donors (Lipinski definition) is 3. The fourth-order valence-electron chi connectivity index (χ4n) is 2.65. The minimum absolute atomic E-state index is 0.0276. The van der Waals surface area contributed by atoms with Gasteiger partial charge in [-0.3, -0.25) is 9.59 Å². The molecule has 0 saturated heterocycles. The summed E-state index contributed by atoms with van der Waals surface area (Å²) in [6.07, 6.45) is -0.273. The monoisotopic (exact) mass is 329 g/mol. The minimum Gasteiger partial charge on any atom is -0.388 e. The number of aromatic amines is 1. The third-order valence-electron chi connectivity index (χ3n) is 3.85. The molecule has 0 spiro atoms. The van der Waals surface area contributed by atoms with Crippen LogP contribution in [0.1, 0.15) is 42.1 Å². The predicted molar refractivity (Wildman–Crippen MR) is 91.7 cm³/mol. The summed E-state index contributed by atoms with van der Waals surface area (Å²) in [6.45, 7) is 5.24. The van der Waals surface area contributed by atoms with E-state index in [9.17, 15) is 14.7 Å². The van der Waals surface area contributed by atoms with Gasteiger partial charge in [-0.05, 0) is 32.8 Å². The summed E-state index contributed by atoms with van der Waals surface area (Å²) in [5, 5.41) is 13.0. The van der Waals surface area contributed by atoms with Crippen molar-refractivity contribution in [2.24, 2.45) is 0 Å². The number of aliphatic hydroxyl groups is 1. The average molecular weight is 329 g/mol. The first-order chi connectivity index (χ1) is 11.4. The molecule has 6 nitrogen and oxygen atoms in total. The Morgan fingerprint density at radius 2 is 1.96 bits per heavy atom. The van der Waals surface area contributed by atoms with Crippen molar-refractivity contribution in [1.82, 2.24) is 15.3 Å². The molecule has 1 aromatic carbocycles. The molecule has 0 aliphatic heterocycles. The van der Waals surface area contributed by atoms with Crippen molar-refractivity contribution in [3.63, 3.8) is 0 Å². The summed E-state index contributed by atoms with van der Waals surface area (Å²) in [6, 6.07) is 9.09. The normalized spacial score (nSPS) is 13.3. The van der Waals surface area contributed by atoms with Crippen molar-refractivity contribution < 1.29 is 9.90 Å². The number of aliphatic hydroxyl groups excluding tert-OH is 1. The lowest BCUT2D eigenvalue weighted by atomic mass is 10.0. The molecule has 2 atom stereocenters. The summed E-state index contributed by atoms with van der Waals surface area (Å²) in [7, 11) is 0. The molecule has 2 unspecified atom stereocenters. The maximum absolute atomic E-state index is 12.2. The van der Waals surface area contributed by atoms with Crippen LogP contribution in [0.4, 0.5) is 0 Å². The van der Waals surface area contributed by atoms with E-state index in [0.717, 1.165) is 5.56 Å². The number of hydrogen-bond acceptors (Lipinski definition) is 4. The number of nitrogens with zero attached hydrogens (tertiary/aromatic N) is 1.